The van der Waals surface area contributed by atoms with E-state index in [9.17, 15) is 0 Å². The molecule has 2 aromatic rings. The topological polar surface area (TPSA) is 37.8 Å². The van der Waals surface area contributed by atoms with E-state index in [1.165, 1.54) is 22.9 Å². The summed E-state index contributed by atoms with van der Waals surface area (Å²) in [6, 6.07) is 8.98. The fourth-order valence-electron chi connectivity index (χ4n) is 2.35. The van der Waals surface area contributed by atoms with Gasteiger partial charge >= 0.3 is 0 Å². The van der Waals surface area contributed by atoms with E-state index in [1.54, 1.807) is 0 Å². The molecule has 20 heavy (non-hydrogen) atoms. The predicted octanol–water partition coefficient (Wildman–Crippen LogP) is 3.83. The predicted molar refractivity (Wildman–Crippen MR) is 85.0 cm³/mol. The van der Waals surface area contributed by atoms with Crippen LogP contribution in [0.5, 0.6) is 0 Å². The van der Waals surface area contributed by atoms with E-state index in [1.807, 2.05) is 6.20 Å². The number of benzene rings is 1. The summed E-state index contributed by atoms with van der Waals surface area (Å²) in [6.07, 6.45) is 4.09. The molecule has 1 aromatic carbocycles. The fraction of sp³-hybridized carbons (Fsp3) is 0.500. The highest BCUT2D eigenvalue weighted by molar-refractivity contribution is 6.99. The Morgan fingerprint density at radius 3 is 2.80 bits per heavy atom. The molecule has 0 radical (unpaired) electrons. The molecule has 0 aliphatic carbocycles. The van der Waals surface area contributed by atoms with Crippen molar-refractivity contribution in [2.75, 3.05) is 6.54 Å². The molecule has 0 bridgehead atoms. The number of hydrogen-bond acceptors (Lipinski definition) is 4. The molecule has 1 atom stereocenters. The third kappa shape index (κ3) is 4.12. The lowest BCUT2D eigenvalue weighted by Crippen LogP contribution is -2.23. The largest absolute Gasteiger partial charge is 0.305 e. The zero-order valence-electron chi connectivity index (χ0n) is 12.5. The van der Waals surface area contributed by atoms with Crippen molar-refractivity contribution in [1.29, 1.82) is 0 Å². The SMILES string of the molecule is CCCNC(c1cccc(CC(C)C)c1)c1cnsn1. The van der Waals surface area contributed by atoms with Gasteiger partial charge in [0.25, 0.3) is 0 Å². The summed E-state index contributed by atoms with van der Waals surface area (Å²) in [5.41, 5.74) is 3.69. The number of aromatic nitrogens is 2. The van der Waals surface area contributed by atoms with Crippen molar-refractivity contribution in [1.82, 2.24) is 14.1 Å². The third-order valence-electron chi connectivity index (χ3n) is 3.20. The summed E-state index contributed by atoms with van der Waals surface area (Å²) in [5.74, 6) is 0.674. The zero-order chi connectivity index (χ0) is 14.4. The fourth-order valence-corrected chi connectivity index (χ4v) is 2.80. The molecule has 1 unspecified atom stereocenters. The third-order valence-corrected chi connectivity index (χ3v) is 3.69. The van der Waals surface area contributed by atoms with Crippen LogP contribution in [0.1, 0.15) is 50.1 Å². The molecule has 0 amide bonds. The quantitative estimate of drug-likeness (QED) is 0.842. The second-order valence-electron chi connectivity index (χ2n) is 5.56. The van der Waals surface area contributed by atoms with Crippen LogP contribution >= 0.6 is 11.7 Å². The van der Waals surface area contributed by atoms with E-state index in [0.29, 0.717) is 5.92 Å². The van der Waals surface area contributed by atoms with Crippen LogP contribution in [0, 0.1) is 5.92 Å². The Balaban J connectivity index is 2.24. The van der Waals surface area contributed by atoms with Gasteiger partial charge in [0, 0.05) is 0 Å². The van der Waals surface area contributed by atoms with Gasteiger partial charge in [0.2, 0.25) is 0 Å². The van der Waals surface area contributed by atoms with Crippen LogP contribution in [0.4, 0.5) is 0 Å². The van der Waals surface area contributed by atoms with Gasteiger partial charge in [-0.15, -0.1) is 0 Å². The van der Waals surface area contributed by atoms with Gasteiger partial charge in [-0.25, -0.2) is 0 Å². The van der Waals surface area contributed by atoms with E-state index < -0.39 is 0 Å². The van der Waals surface area contributed by atoms with Gasteiger partial charge < -0.3 is 5.32 Å². The highest BCUT2D eigenvalue weighted by Gasteiger charge is 2.16. The van der Waals surface area contributed by atoms with Crippen molar-refractivity contribution >= 4 is 11.7 Å². The normalized spacial score (nSPS) is 12.8. The first-order chi connectivity index (χ1) is 9.70. The second-order valence-corrected chi connectivity index (χ2v) is 6.12. The van der Waals surface area contributed by atoms with Crippen LogP contribution in [0.3, 0.4) is 0 Å². The molecule has 0 saturated carbocycles. The van der Waals surface area contributed by atoms with Crippen molar-refractivity contribution in [3.63, 3.8) is 0 Å². The van der Waals surface area contributed by atoms with Crippen LogP contribution in [-0.4, -0.2) is 15.3 Å². The number of nitrogens with one attached hydrogen (secondary N) is 1. The minimum Gasteiger partial charge on any atom is -0.305 e. The Kier molecular flexibility index (Phi) is 5.68. The molecule has 3 nitrogen and oxygen atoms in total. The summed E-state index contributed by atoms with van der Waals surface area (Å²) < 4.78 is 8.54. The first-order valence-electron chi connectivity index (χ1n) is 7.30. The second kappa shape index (κ2) is 7.50. The smallest absolute Gasteiger partial charge is 0.0957 e. The van der Waals surface area contributed by atoms with Gasteiger partial charge in [0.1, 0.15) is 0 Å². The standard InChI is InChI=1S/C16H23N3S/c1-4-8-17-16(15-11-18-20-19-15)14-7-5-6-13(10-14)9-12(2)3/h5-7,10-12,16-17H,4,8-9H2,1-3H3. The average molecular weight is 289 g/mol. The highest BCUT2D eigenvalue weighted by Crippen LogP contribution is 2.22. The molecule has 1 aromatic heterocycles. The molecule has 0 saturated heterocycles. The number of rotatable bonds is 7. The van der Waals surface area contributed by atoms with Crippen LogP contribution in [0.25, 0.3) is 0 Å². The Morgan fingerprint density at radius 1 is 1.30 bits per heavy atom. The van der Waals surface area contributed by atoms with Crippen LogP contribution in [-0.2, 0) is 6.42 Å². The van der Waals surface area contributed by atoms with Gasteiger partial charge in [-0.05, 0) is 36.4 Å². The first-order valence-corrected chi connectivity index (χ1v) is 8.03. The lowest BCUT2D eigenvalue weighted by Gasteiger charge is -2.18. The summed E-state index contributed by atoms with van der Waals surface area (Å²) >= 11 is 1.27. The van der Waals surface area contributed by atoms with Crippen LogP contribution in [0.2, 0.25) is 0 Å². The van der Waals surface area contributed by atoms with Crippen LogP contribution < -0.4 is 5.32 Å². The van der Waals surface area contributed by atoms with Gasteiger partial charge in [0.15, 0.2) is 0 Å². The van der Waals surface area contributed by atoms with E-state index in [-0.39, 0.29) is 6.04 Å². The molecule has 1 N–H and O–H groups in total. The monoisotopic (exact) mass is 289 g/mol. The van der Waals surface area contributed by atoms with Gasteiger partial charge in [-0.1, -0.05) is 45.0 Å². The summed E-state index contributed by atoms with van der Waals surface area (Å²) in [5, 5.41) is 3.57. The molecule has 108 valence electrons. The van der Waals surface area contributed by atoms with Crippen molar-refractivity contribution in [3.8, 4) is 0 Å². The van der Waals surface area contributed by atoms with Crippen molar-refractivity contribution in [2.24, 2.45) is 5.92 Å². The highest BCUT2D eigenvalue weighted by atomic mass is 32.1. The minimum absolute atomic E-state index is 0.154. The molecular formula is C16H23N3S. The summed E-state index contributed by atoms with van der Waals surface area (Å²) in [7, 11) is 0. The van der Waals surface area contributed by atoms with Crippen molar-refractivity contribution < 1.29 is 0 Å². The van der Waals surface area contributed by atoms with Gasteiger partial charge in [-0.3, -0.25) is 0 Å². The molecule has 0 aliphatic heterocycles. The molecule has 1 heterocycles. The Morgan fingerprint density at radius 2 is 2.15 bits per heavy atom. The maximum absolute atomic E-state index is 4.40. The summed E-state index contributed by atoms with van der Waals surface area (Å²) in [4.78, 5) is 0. The minimum atomic E-state index is 0.154. The first kappa shape index (κ1) is 15.1. The maximum atomic E-state index is 4.40. The average Bonchev–Trinajstić information content (AvgIpc) is 2.93. The zero-order valence-corrected chi connectivity index (χ0v) is 13.3. The number of hydrogen-bond donors (Lipinski definition) is 1. The molecule has 0 spiro atoms. The van der Waals surface area contributed by atoms with E-state index in [4.69, 9.17) is 0 Å². The lowest BCUT2D eigenvalue weighted by atomic mass is 9.97. The molecule has 2 rings (SSSR count). The molecule has 4 heteroatoms. The van der Waals surface area contributed by atoms with Crippen molar-refractivity contribution in [3.05, 3.63) is 47.3 Å². The number of nitrogens with zero attached hydrogens (tertiary/aromatic N) is 2. The molecule has 0 aliphatic rings. The van der Waals surface area contributed by atoms with Gasteiger partial charge in [-0.2, -0.15) is 8.75 Å². The van der Waals surface area contributed by atoms with E-state index in [2.05, 4.69) is 59.1 Å². The Hall–Kier alpha value is -1.26. The summed E-state index contributed by atoms with van der Waals surface area (Å²) in [6.45, 7) is 7.67. The maximum Gasteiger partial charge on any atom is 0.0957 e. The lowest BCUT2D eigenvalue weighted by molar-refractivity contribution is 0.587. The van der Waals surface area contributed by atoms with E-state index >= 15 is 0 Å². The van der Waals surface area contributed by atoms with Gasteiger partial charge in [0.05, 0.1) is 29.7 Å². The van der Waals surface area contributed by atoms with Crippen LogP contribution in [0.15, 0.2) is 30.5 Å². The Labute approximate surface area is 125 Å². The van der Waals surface area contributed by atoms with Crippen molar-refractivity contribution in [2.45, 2.75) is 39.7 Å². The Bertz CT molecular complexity index is 508. The van der Waals surface area contributed by atoms with E-state index in [0.717, 1.165) is 25.1 Å². The molecule has 0 fully saturated rings. The molecular weight excluding hydrogens is 266 g/mol.